The van der Waals surface area contributed by atoms with E-state index < -0.39 is 0 Å². The van der Waals surface area contributed by atoms with Crippen molar-refractivity contribution in [1.82, 2.24) is 10.3 Å². The molecule has 0 saturated carbocycles. The van der Waals surface area contributed by atoms with Gasteiger partial charge in [-0.1, -0.05) is 18.2 Å². The number of aromatic nitrogens is 1. The third-order valence-electron chi connectivity index (χ3n) is 5.60. The SMILES string of the molecule is CCOc1cc(C(=O)NC2CCc3c([nH]c4ccccc34)C2)cc(OCC)c1OCC. The molecule has 6 nitrogen and oxygen atoms in total. The van der Waals surface area contributed by atoms with Gasteiger partial charge in [-0.15, -0.1) is 0 Å². The molecule has 0 radical (unpaired) electrons. The lowest BCUT2D eigenvalue weighted by molar-refractivity contribution is 0.0932. The van der Waals surface area contributed by atoms with Gasteiger partial charge >= 0.3 is 0 Å². The normalized spacial score (nSPS) is 15.4. The number of amides is 1. The van der Waals surface area contributed by atoms with Gasteiger partial charge in [-0.2, -0.15) is 0 Å². The largest absolute Gasteiger partial charge is 0.490 e. The molecule has 0 fully saturated rings. The van der Waals surface area contributed by atoms with E-state index in [0.29, 0.717) is 42.6 Å². The molecule has 3 aromatic rings. The molecule has 1 amide bonds. The molecular weight excluding hydrogens is 392 g/mol. The second-order valence-corrected chi connectivity index (χ2v) is 7.64. The highest BCUT2D eigenvalue weighted by molar-refractivity contribution is 5.96. The van der Waals surface area contributed by atoms with Gasteiger partial charge in [0.25, 0.3) is 5.91 Å². The number of fused-ring (bicyclic) bond motifs is 3. The molecule has 4 rings (SSSR count). The summed E-state index contributed by atoms with van der Waals surface area (Å²) in [7, 11) is 0. The van der Waals surface area contributed by atoms with Gasteiger partial charge in [-0.25, -0.2) is 0 Å². The molecule has 0 spiro atoms. The number of aryl methyl sites for hydroxylation is 1. The molecular formula is C25H30N2O4. The van der Waals surface area contributed by atoms with Crippen LogP contribution >= 0.6 is 0 Å². The fraction of sp³-hybridized carbons (Fsp3) is 0.400. The Hall–Kier alpha value is -3.15. The summed E-state index contributed by atoms with van der Waals surface area (Å²) < 4.78 is 17.2. The third-order valence-corrected chi connectivity index (χ3v) is 5.60. The van der Waals surface area contributed by atoms with Crippen LogP contribution in [0.15, 0.2) is 36.4 Å². The Bertz CT molecular complexity index is 1050. The number of rotatable bonds is 8. The Morgan fingerprint density at radius 3 is 2.39 bits per heavy atom. The van der Waals surface area contributed by atoms with E-state index >= 15 is 0 Å². The lowest BCUT2D eigenvalue weighted by atomic mass is 9.91. The summed E-state index contributed by atoms with van der Waals surface area (Å²) in [5.41, 5.74) is 4.26. The maximum atomic E-state index is 13.1. The van der Waals surface area contributed by atoms with E-state index in [1.54, 1.807) is 12.1 Å². The van der Waals surface area contributed by atoms with Crippen LogP contribution in [0.1, 0.15) is 48.8 Å². The van der Waals surface area contributed by atoms with Crippen molar-refractivity contribution in [2.75, 3.05) is 19.8 Å². The molecule has 0 bridgehead atoms. The summed E-state index contributed by atoms with van der Waals surface area (Å²) in [5, 5.41) is 4.49. The van der Waals surface area contributed by atoms with Crippen molar-refractivity contribution in [1.29, 1.82) is 0 Å². The van der Waals surface area contributed by atoms with Gasteiger partial charge in [0.05, 0.1) is 19.8 Å². The van der Waals surface area contributed by atoms with Gasteiger partial charge in [0.2, 0.25) is 5.75 Å². The molecule has 2 N–H and O–H groups in total. The number of para-hydroxylation sites is 1. The van der Waals surface area contributed by atoms with E-state index in [-0.39, 0.29) is 11.9 Å². The van der Waals surface area contributed by atoms with E-state index in [1.165, 1.54) is 16.6 Å². The number of aromatic amines is 1. The quantitative estimate of drug-likeness (QED) is 0.554. The van der Waals surface area contributed by atoms with Gasteiger partial charge in [0.15, 0.2) is 11.5 Å². The average molecular weight is 423 g/mol. The standard InChI is InChI=1S/C25H30N2O4/c1-4-29-22-13-16(14-23(30-5-2)24(22)31-6-3)25(28)26-17-11-12-19-18-9-7-8-10-20(18)27-21(19)15-17/h7-10,13-14,17,27H,4-6,11-12,15H2,1-3H3,(H,26,28). The van der Waals surface area contributed by atoms with Crippen molar-refractivity contribution in [3.8, 4) is 17.2 Å². The highest BCUT2D eigenvalue weighted by Gasteiger charge is 2.25. The first-order valence-electron chi connectivity index (χ1n) is 11.1. The molecule has 1 unspecified atom stereocenters. The summed E-state index contributed by atoms with van der Waals surface area (Å²) in [6, 6.07) is 11.9. The molecule has 1 aliphatic rings. The lowest BCUT2D eigenvalue weighted by Crippen LogP contribution is -2.38. The van der Waals surface area contributed by atoms with E-state index in [0.717, 1.165) is 24.8 Å². The molecule has 1 heterocycles. The molecule has 164 valence electrons. The molecule has 6 heteroatoms. The minimum Gasteiger partial charge on any atom is -0.490 e. The van der Waals surface area contributed by atoms with Crippen LogP contribution in [0.2, 0.25) is 0 Å². The van der Waals surface area contributed by atoms with Gasteiger partial charge in [-0.05, 0) is 57.4 Å². The summed E-state index contributed by atoms with van der Waals surface area (Å²) in [6.45, 7) is 7.16. The number of hydrogen-bond acceptors (Lipinski definition) is 4. The number of nitrogens with one attached hydrogen (secondary N) is 2. The Labute approximate surface area is 182 Å². The van der Waals surface area contributed by atoms with Gasteiger partial charge in [0.1, 0.15) is 0 Å². The van der Waals surface area contributed by atoms with Crippen molar-refractivity contribution in [2.24, 2.45) is 0 Å². The van der Waals surface area contributed by atoms with Gasteiger partial charge in [0, 0.05) is 34.6 Å². The smallest absolute Gasteiger partial charge is 0.251 e. The van der Waals surface area contributed by atoms with E-state index in [1.807, 2.05) is 26.8 Å². The Balaban J connectivity index is 1.55. The van der Waals surface area contributed by atoms with E-state index in [9.17, 15) is 4.79 Å². The first-order chi connectivity index (χ1) is 15.1. The maximum absolute atomic E-state index is 13.1. The van der Waals surface area contributed by atoms with Crippen LogP contribution in [0.5, 0.6) is 17.2 Å². The van der Waals surface area contributed by atoms with Crippen molar-refractivity contribution in [2.45, 2.75) is 46.1 Å². The number of H-pyrrole nitrogens is 1. The van der Waals surface area contributed by atoms with Gasteiger partial charge < -0.3 is 24.5 Å². The van der Waals surface area contributed by atoms with E-state index in [4.69, 9.17) is 14.2 Å². The fourth-order valence-electron chi connectivity index (χ4n) is 4.29. The van der Waals surface area contributed by atoms with Crippen LogP contribution in [-0.4, -0.2) is 36.8 Å². The lowest BCUT2D eigenvalue weighted by Gasteiger charge is -2.24. The van der Waals surface area contributed by atoms with Crippen molar-refractivity contribution >= 4 is 16.8 Å². The van der Waals surface area contributed by atoms with Crippen LogP contribution in [-0.2, 0) is 12.8 Å². The second kappa shape index (κ2) is 9.33. The van der Waals surface area contributed by atoms with Crippen LogP contribution < -0.4 is 19.5 Å². The average Bonchev–Trinajstić information content (AvgIpc) is 3.14. The number of benzene rings is 2. The summed E-state index contributed by atoms with van der Waals surface area (Å²) in [5.74, 6) is 1.47. The predicted octanol–water partition coefficient (Wildman–Crippen LogP) is 4.65. The van der Waals surface area contributed by atoms with Crippen molar-refractivity contribution in [3.63, 3.8) is 0 Å². The van der Waals surface area contributed by atoms with Crippen LogP contribution in [0, 0.1) is 0 Å². The molecule has 0 aliphatic heterocycles. The summed E-state index contributed by atoms with van der Waals surface area (Å²) in [4.78, 5) is 16.6. The first kappa shape index (κ1) is 21.1. The number of carbonyl (C=O) groups is 1. The molecule has 1 atom stereocenters. The van der Waals surface area contributed by atoms with Crippen molar-refractivity contribution < 1.29 is 19.0 Å². The zero-order valence-corrected chi connectivity index (χ0v) is 18.4. The van der Waals surface area contributed by atoms with Gasteiger partial charge in [-0.3, -0.25) is 4.79 Å². The summed E-state index contributed by atoms with van der Waals surface area (Å²) >= 11 is 0. The maximum Gasteiger partial charge on any atom is 0.251 e. The zero-order chi connectivity index (χ0) is 21.8. The van der Waals surface area contributed by atoms with E-state index in [2.05, 4.69) is 28.5 Å². The Morgan fingerprint density at radius 1 is 1.03 bits per heavy atom. The highest BCUT2D eigenvalue weighted by Crippen LogP contribution is 2.39. The molecule has 1 aromatic heterocycles. The number of hydrogen-bond donors (Lipinski definition) is 2. The second-order valence-electron chi connectivity index (χ2n) is 7.64. The van der Waals surface area contributed by atoms with Crippen molar-refractivity contribution in [3.05, 3.63) is 53.2 Å². The van der Waals surface area contributed by atoms with Crippen LogP contribution in [0.25, 0.3) is 10.9 Å². The minimum absolute atomic E-state index is 0.0747. The Morgan fingerprint density at radius 2 is 1.71 bits per heavy atom. The first-order valence-corrected chi connectivity index (χ1v) is 11.1. The summed E-state index contributed by atoms with van der Waals surface area (Å²) in [6.07, 6.45) is 2.65. The topological polar surface area (TPSA) is 72.6 Å². The monoisotopic (exact) mass is 422 g/mol. The molecule has 0 saturated heterocycles. The number of ether oxygens (including phenoxy) is 3. The zero-order valence-electron chi connectivity index (χ0n) is 18.4. The van der Waals surface area contributed by atoms with Crippen LogP contribution in [0.3, 0.4) is 0 Å². The molecule has 31 heavy (non-hydrogen) atoms. The van der Waals surface area contributed by atoms with Crippen LogP contribution in [0.4, 0.5) is 0 Å². The highest BCUT2D eigenvalue weighted by atomic mass is 16.5. The Kier molecular flexibility index (Phi) is 6.35. The number of carbonyl (C=O) groups excluding carboxylic acids is 1. The third kappa shape index (κ3) is 4.33. The predicted molar refractivity (Wildman–Crippen MR) is 122 cm³/mol. The fourth-order valence-corrected chi connectivity index (χ4v) is 4.29. The minimum atomic E-state index is -0.130. The molecule has 2 aromatic carbocycles. The molecule has 1 aliphatic carbocycles.